The second-order valence-electron chi connectivity index (χ2n) is 4.04. The SMILES string of the molecule is O=C(O)Oc1cccc(-c2cccc(OC(=O)O)c2O)c1O. The van der Waals surface area contributed by atoms with Gasteiger partial charge in [0.25, 0.3) is 0 Å². The zero-order valence-electron chi connectivity index (χ0n) is 10.9. The lowest BCUT2D eigenvalue weighted by Gasteiger charge is -2.11. The van der Waals surface area contributed by atoms with E-state index in [1.165, 1.54) is 36.4 Å². The quantitative estimate of drug-likeness (QED) is 0.502. The molecule has 0 atom stereocenters. The van der Waals surface area contributed by atoms with Crippen LogP contribution in [0.25, 0.3) is 11.1 Å². The monoisotopic (exact) mass is 306 g/mol. The van der Waals surface area contributed by atoms with Crippen molar-refractivity contribution in [2.45, 2.75) is 0 Å². The molecule has 22 heavy (non-hydrogen) atoms. The van der Waals surface area contributed by atoms with E-state index in [1.54, 1.807) is 0 Å². The van der Waals surface area contributed by atoms with Crippen molar-refractivity contribution < 1.29 is 39.5 Å². The summed E-state index contributed by atoms with van der Waals surface area (Å²) >= 11 is 0. The fourth-order valence-corrected chi connectivity index (χ4v) is 1.83. The number of benzene rings is 2. The molecule has 2 aromatic carbocycles. The Hall–Kier alpha value is -3.42. The average molecular weight is 306 g/mol. The summed E-state index contributed by atoms with van der Waals surface area (Å²) in [5.41, 5.74) is 0.0965. The van der Waals surface area contributed by atoms with Crippen molar-refractivity contribution in [2.75, 3.05) is 0 Å². The number of phenolic OH excluding ortho intramolecular Hbond substituents is 2. The average Bonchev–Trinajstić information content (AvgIpc) is 2.43. The molecule has 0 aliphatic rings. The molecule has 0 saturated heterocycles. The molecule has 8 heteroatoms. The van der Waals surface area contributed by atoms with Crippen LogP contribution in [0.4, 0.5) is 9.59 Å². The zero-order chi connectivity index (χ0) is 16.3. The van der Waals surface area contributed by atoms with E-state index in [-0.39, 0.29) is 22.6 Å². The standard InChI is InChI=1S/C14H10O8/c15-11-7(3-1-5-9(11)21-13(17)18)8-4-2-6-10(12(8)16)22-14(19)20/h1-6,15-16H,(H,17,18)(H,19,20). The molecule has 8 nitrogen and oxygen atoms in total. The summed E-state index contributed by atoms with van der Waals surface area (Å²) in [7, 11) is 0. The van der Waals surface area contributed by atoms with Crippen LogP contribution in [0.1, 0.15) is 0 Å². The molecular weight excluding hydrogens is 296 g/mol. The van der Waals surface area contributed by atoms with E-state index >= 15 is 0 Å². The number of carboxylic acid groups (broad SMARTS) is 2. The van der Waals surface area contributed by atoms with Gasteiger partial charge in [0, 0.05) is 11.1 Å². The Kier molecular flexibility index (Phi) is 4.03. The highest BCUT2D eigenvalue weighted by atomic mass is 16.7. The molecule has 0 bridgehead atoms. The van der Waals surface area contributed by atoms with Crippen LogP contribution in [-0.2, 0) is 0 Å². The smallest absolute Gasteiger partial charge is 0.504 e. The lowest BCUT2D eigenvalue weighted by atomic mass is 10.0. The highest BCUT2D eigenvalue weighted by molar-refractivity contribution is 5.81. The van der Waals surface area contributed by atoms with Crippen molar-refractivity contribution in [3.05, 3.63) is 36.4 Å². The van der Waals surface area contributed by atoms with Gasteiger partial charge in [-0.05, 0) is 12.1 Å². The van der Waals surface area contributed by atoms with Gasteiger partial charge in [-0.3, -0.25) is 0 Å². The van der Waals surface area contributed by atoms with Crippen LogP contribution in [0, 0.1) is 0 Å². The van der Waals surface area contributed by atoms with Crippen molar-refractivity contribution in [1.82, 2.24) is 0 Å². The van der Waals surface area contributed by atoms with Gasteiger partial charge in [-0.15, -0.1) is 0 Å². The molecule has 0 amide bonds. The van der Waals surface area contributed by atoms with E-state index < -0.39 is 23.8 Å². The molecule has 0 saturated carbocycles. The number of carbonyl (C=O) groups is 2. The van der Waals surface area contributed by atoms with Crippen LogP contribution in [0.3, 0.4) is 0 Å². The molecule has 0 spiro atoms. The van der Waals surface area contributed by atoms with Gasteiger partial charge in [-0.2, -0.15) is 0 Å². The number of hydrogen-bond acceptors (Lipinski definition) is 6. The van der Waals surface area contributed by atoms with E-state index in [9.17, 15) is 19.8 Å². The zero-order valence-corrected chi connectivity index (χ0v) is 10.9. The topological polar surface area (TPSA) is 134 Å². The maximum Gasteiger partial charge on any atom is 0.511 e. The first-order valence-corrected chi connectivity index (χ1v) is 5.86. The summed E-state index contributed by atoms with van der Waals surface area (Å²) < 4.78 is 8.80. The largest absolute Gasteiger partial charge is 0.511 e. The van der Waals surface area contributed by atoms with Crippen LogP contribution in [0.15, 0.2) is 36.4 Å². The lowest BCUT2D eigenvalue weighted by molar-refractivity contribution is 0.141. The highest BCUT2D eigenvalue weighted by Gasteiger charge is 2.18. The third-order valence-corrected chi connectivity index (χ3v) is 2.68. The number of hydrogen-bond donors (Lipinski definition) is 4. The number of phenols is 2. The molecule has 0 unspecified atom stereocenters. The van der Waals surface area contributed by atoms with Gasteiger partial charge < -0.3 is 29.9 Å². The summed E-state index contributed by atoms with van der Waals surface area (Å²) in [6.07, 6.45) is -3.22. The number of para-hydroxylation sites is 2. The molecular formula is C14H10O8. The van der Waals surface area contributed by atoms with Crippen molar-refractivity contribution in [3.8, 4) is 34.1 Å². The van der Waals surface area contributed by atoms with Crippen molar-refractivity contribution in [3.63, 3.8) is 0 Å². The van der Waals surface area contributed by atoms with Gasteiger partial charge in [0.2, 0.25) is 0 Å². The predicted octanol–water partition coefficient (Wildman–Crippen LogP) is 2.88. The molecule has 0 aliphatic heterocycles. The summed E-state index contributed by atoms with van der Waals surface area (Å²) in [6, 6.07) is 8.03. The minimum atomic E-state index is -1.61. The maximum atomic E-state index is 10.5. The Bertz CT molecular complexity index is 674. The molecule has 0 radical (unpaired) electrons. The molecule has 2 rings (SSSR count). The van der Waals surface area contributed by atoms with Gasteiger partial charge >= 0.3 is 12.3 Å². The summed E-state index contributed by atoms with van der Waals surface area (Å²) in [5, 5.41) is 37.2. The first kappa shape index (κ1) is 15.0. The minimum Gasteiger partial charge on any atom is -0.504 e. The second-order valence-corrected chi connectivity index (χ2v) is 4.04. The molecule has 0 aliphatic carbocycles. The van der Waals surface area contributed by atoms with Crippen LogP contribution < -0.4 is 9.47 Å². The molecule has 0 fully saturated rings. The molecule has 0 aromatic heterocycles. The molecule has 4 N–H and O–H groups in total. The molecule has 114 valence electrons. The van der Waals surface area contributed by atoms with Crippen LogP contribution in [0.2, 0.25) is 0 Å². The van der Waals surface area contributed by atoms with Gasteiger partial charge in [-0.25, -0.2) is 9.59 Å². The van der Waals surface area contributed by atoms with Crippen LogP contribution in [0.5, 0.6) is 23.0 Å². The van der Waals surface area contributed by atoms with Gasteiger partial charge in [0.15, 0.2) is 23.0 Å². The Morgan fingerprint density at radius 3 is 1.41 bits per heavy atom. The highest BCUT2D eigenvalue weighted by Crippen LogP contribution is 2.43. The predicted molar refractivity (Wildman–Crippen MR) is 72.5 cm³/mol. The number of rotatable bonds is 3. The Labute approximate surface area is 123 Å². The first-order valence-electron chi connectivity index (χ1n) is 5.86. The molecule has 2 aromatic rings. The second kappa shape index (κ2) is 5.92. The fraction of sp³-hybridized carbons (Fsp3) is 0. The lowest BCUT2D eigenvalue weighted by Crippen LogP contribution is -2.04. The van der Waals surface area contributed by atoms with Crippen molar-refractivity contribution in [1.29, 1.82) is 0 Å². The number of aromatic hydroxyl groups is 2. The van der Waals surface area contributed by atoms with E-state index in [0.29, 0.717) is 0 Å². The first-order chi connectivity index (χ1) is 10.4. The third-order valence-electron chi connectivity index (χ3n) is 2.68. The van der Waals surface area contributed by atoms with Crippen LogP contribution in [-0.4, -0.2) is 32.7 Å². The van der Waals surface area contributed by atoms with Gasteiger partial charge in [0.1, 0.15) is 0 Å². The van der Waals surface area contributed by atoms with Crippen molar-refractivity contribution >= 4 is 12.3 Å². The third kappa shape index (κ3) is 3.01. The summed E-state index contributed by atoms with van der Waals surface area (Å²) in [6.45, 7) is 0. The fourth-order valence-electron chi connectivity index (χ4n) is 1.83. The van der Waals surface area contributed by atoms with E-state index in [0.717, 1.165) is 0 Å². The van der Waals surface area contributed by atoms with E-state index in [2.05, 4.69) is 9.47 Å². The Morgan fingerprint density at radius 1 is 0.727 bits per heavy atom. The minimum absolute atomic E-state index is 0.0482. The Morgan fingerprint density at radius 2 is 1.09 bits per heavy atom. The molecule has 0 heterocycles. The maximum absolute atomic E-state index is 10.5. The summed E-state index contributed by atoms with van der Waals surface area (Å²) in [4.78, 5) is 21.1. The van der Waals surface area contributed by atoms with Crippen molar-refractivity contribution in [2.24, 2.45) is 0 Å². The van der Waals surface area contributed by atoms with Gasteiger partial charge in [-0.1, -0.05) is 24.3 Å². The Balaban J connectivity index is 2.53. The van der Waals surface area contributed by atoms with E-state index in [1.807, 2.05) is 0 Å². The van der Waals surface area contributed by atoms with E-state index in [4.69, 9.17) is 10.2 Å². The van der Waals surface area contributed by atoms with Crippen LogP contribution >= 0.6 is 0 Å². The normalized spacial score (nSPS) is 10.0. The van der Waals surface area contributed by atoms with Gasteiger partial charge in [0.05, 0.1) is 0 Å². The summed E-state index contributed by atoms with van der Waals surface area (Å²) in [5.74, 6) is -1.69. The number of ether oxygens (including phenoxy) is 2.